The lowest BCUT2D eigenvalue weighted by atomic mass is 9.88. The Morgan fingerprint density at radius 1 is 0.254 bits per heavy atom. The zero-order valence-corrected chi connectivity index (χ0v) is 36.5. The first-order valence-electron chi connectivity index (χ1n) is 22.9. The van der Waals surface area contributed by atoms with Crippen molar-refractivity contribution in [3.8, 4) is 73.0 Å². The van der Waals surface area contributed by atoms with E-state index in [0.29, 0.717) is 5.82 Å². The van der Waals surface area contributed by atoms with Gasteiger partial charge in [-0.15, -0.1) is 0 Å². The van der Waals surface area contributed by atoms with E-state index >= 15 is 0 Å². The van der Waals surface area contributed by atoms with E-state index in [1.165, 1.54) is 76.4 Å². The van der Waals surface area contributed by atoms with Crippen LogP contribution in [0.2, 0.25) is 0 Å². The van der Waals surface area contributed by atoms with Gasteiger partial charge in [0.1, 0.15) is 0 Å². The van der Waals surface area contributed by atoms with Crippen LogP contribution in [-0.4, -0.2) is 14.5 Å². The number of rotatable bonds is 7. The Morgan fingerprint density at radius 3 is 1.51 bits per heavy atom. The molecule has 3 nitrogen and oxygen atoms in total. The molecule has 13 aromatic rings. The van der Waals surface area contributed by atoms with E-state index in [1.54, 1.807) is 0 Å². The van der Waals surface area contributed by atoms with Crippen LogP contribution in [0.15, 0.2) is 249 Å². The summed E-state index contributed by atoms with van der Waals surface area (Å²) in [6, 6.07) is 89.6. The second-order valence-electron chi connectivity index (χ2n) is 17.3. The van der Waals surface area contributed by atoms with Gasteiger partial charge in [-0.05, 0) is 108 Å². The Kier molecular flexibility index (Phi) is 9.17. The summed E-state index contributed by atoms with van der Waals surface area (Å²) in [4.78, 5) is 10.2. The molecule has 13 rings (SSSR count). The van der Waals surface area contributed by atoms with E-state index in [4.69, 9.17) is 9.97 Å². The van der Waals surface area contributed by atoms with Crippen LogP contribution in [0.4, 0.5) is 0 Å². The zero-order chi connectivity index (χ0) is 44.3. The van der Waals surface area contributed by atoms with Crippen molar-refractivity contribution >= 4 is 54.1 Å². The summed E-state index contributed by atoms with van der Waals surface area (Å²) in [6.45, 7) is 0. The Balaban J connectivity index is 0.961. The molecular weight excluding hydrogens is 811 g/mol. The van der Waals surface area contributed by atoms with Gasteiger partial charge in [0.25, 0.3) is 0 Å². The van der Waals surface area contributed by atoms with Crippen molar-refractivity contribution in [3.05, 3.63) is 249 Å². The van der Waals surface area contributed by atoms with E-state index in [9.17, 15) is 0 Å². The fraction of sp³-hybridized carbons (Fsp3) is 0. The summed E-state index contributed by atoms with van der Waals surface area (Å²) in [7, 11) is 0. The first-order valence-corrected chi connectivity index (χ1v) is 22.9. The van der Waals surface area contributed by atoms with Gasteiger partial charge in [-0.25, -0.2) is 9.97 Å². The van der Waals surface area contributed by atoms with Crippen LogP contribution >= 0.6 is 0 Å². The maximum absolute atomic E-state index is 5.15. The van der Waals surface area contributed by atoms with Gasteiger partial charge in [0, 0.05) is 33.2 Å². The highest BCUT2D eigenvalue weighted by Crippen LogP contribution is 2.43. The second-order valence-corrected chi connectivity index (χ2v) is 17.3. The highest BCUT2D eigenvalue weighted by Gasteiger charge is 2.18. The predicted octanol–water partition coefficient (Wildman–Crippen LogP) is 17.0. The summed E-state index contributed by atoms with van der Waals surface area (Å²) in [5.41, 5.74) is 15.5. The van der Waals surface area contributed by atoms with Gasteiger partial charge < -0.3 is 4.57 Å². The molecule has 0 aliphatic carbocycles. The standard InChI is InChI=1S/C64H41N3/c1-4-16-42(17-5-1)43-30-34-50(35-31-43)67-61-29-13-12-26-54(61)55-36-33-48(40-62(55)67)51-27-15-28-56-52-24-10-11-25-53(52)58-39-47(32-37-57(58)63(51)56)46-22-14-23-49(38-46)60-41-59(44-18-6-2-7-19-44)65-64(66-60)45-20-8-3-9-21-45/h1-41H. The molecule has 0 bridgehead atoms. The molecule has 0 saturated carbocycles. The molecule has 0 amide bonds. The summed E-state index contributed by atoms with van der Waals surface area (Å²) < 4.78 is 2.42. The summed E-state index contributed by atoms with van der Waals surface area (Å²) in [6.07, 6.45) is 0. The van der Waals surface area contributed by atoms with Crippen LogP contribution in [-0.2, 0) is 0 Å². The van der Waals surface area contributed by atoms with E-state index < -0.39 is 0 Å². The Morgan fingerprint density at radius 2 is 0.746 bits per heavy atom. The minimum absolute atomic E-state index is 0.709. The van der Waals surface area contributed by atoms with E-state index in [1.807, 2.05) is 24.3 Å². The lowest BCUT2D eigenvalue weighted by Crippen LogP contribution is -1.96. The van der Waals surface area contributed by atoms with Crippen LogP contribution in [0.5, 0.6) is 0 Å². The van der Waals surface area contributed by atoms with Crippen molar-refractivity contribution < 1.29 is 0 Å². The van der Waals surface area contributed by atoms with E-state index in [0.717, 1.165) is 44.9 Å². The number of aromatic nitrogens is 3. The normalized spacial score (nSPS) is 11.6. The number of hydrogen-bond donors (Lipinski definition) is 0. The van der Waals surface area contributed by atoms with Gasteiger partial charge in [0.15, 0.2) is 5.82 Å². The number of fused-ring (bicyclic) bond motifs is 9. The quantitative estimate of drug-likeness (QED) is 0.150. The van der Waals surface area contributed by atoms with E-state index in [2.05, 4.69) is 229 Å². The zero-order valence-electron chi connectivity index (χ0n) is 36.5. The molecule has 0 radical (unpaired) electrons. The first kappa shape index (κ1) is 38.5. The minimum atomic E-state index is 0.709. The Labute approximate surface area is 388 Å². The summed E-state index contributed by atoms with van der Waals surface area (Å²) in [5, 5.41) is 9.94. The Bertz CT molecular complexity index is 3950. The molecule has 0 fully saturated rings. The number of para-hydroxylation sites is 1. The van der Waals surface area contributed by atoms with Crippen LogP contribution < -0.4 is 0 Å². The van der Waals surface area contributed by atoms with Crippen molar-refractivity contribution in [2.24, 2.45) is 0 Å². The monoisotopic (exact) mass is 851 g/mol. The fourth-order valence-corrected chi connectivity index (χ4v) is 10.2. The summed E-state index contributed by atoms with van der Waals surface area (Å²) >= 11 is 0. The average Bonchev–Trinajstić information content (AvgIpc) is 3.75. The van der Waals surface area contributed by atoms with Crippen molar-refractivity contribution in [2.45, 2.75) is 0 Å². The molecule has 0 atom stereocenters. The third kappa shape index (κ3) is 6.67. The number of benzene rings is 11. The molecule has 0 N–H and O–H groups in total. The molecule has 0 unspecified atom stereocenters. The maximum atomic E-state index is 5.15. The molecule has 11 aromatic carbocycles. The SMILES string of the molecule is c1ccc(-c2ccc(-n3c4ccccc4c4ccc(-c5cccc6c7ccccc7c7cc(-c8cccc(-c9cc(-c%10ccccc%10)nc(-c%10ccccc%10)n9)c8)ccc7c56)cc43)cc2)cc1. The third-order valence-corrected chi connectivity index (χ3v) is 13.4. The van der Waals surface area contributed by atoms with Crippen molar-refractivity contribution in [2.75, 3.05) is 0 Å². The molecule has 0 aliphatic heterocycles. The molecule has 0 spiro atoms. The van der Waals surface area contributed by atoms with Crippen molar-refractivity contribution in [3.63, 3.8) is 0 Å². The lowest BCUT2D eigenvalue weighted by molar-refractivity contribution is 1.18. The second kappa shape index (κ2) is 16.0. The van der Waals surface area contributed by atoms with Gasteiger partial charge in [0.2, 0.25) is 0 Å². The van der Waals surface area contributed by atoms with Gasteiger partial charge in [0.05, 0.1) is 22.4 Å². The topological polar surface area (TPSA) is 30.7 Å². The lowest BCUT2D eigenvalue weighted by Gasteiger charge is -2.16. The highest BCUT2D eigenvalue weighted by atomic mass is 15.0. The predicted molar refractivity (Wildman–Crippen MR) is 282 cm³/mol. The molecular formula is C64H41N3. The average molecular weight is 852 g/mol. The van der Waals surface area contributed by atoms with E-state index in [-0.39, 0.29) is 0 Å². The minimum Gasteiger partial charge on any atom is -0.309 e. The number of hydrogen-bond acceptors (Lipinski definition) is 2. The summed E-state index contributed by atoms with van der Waals surface area (Å²) in [5.74, 6) is 0.709. The fourth-order valence-electron chi connectivity index (χ4n) is 10.2. The van der Waals surface area contributed by atoms with Crippen LogP contribution in [0.3, 0.4) is 0 Å². The highest BCUT2D eigenvalue weighted by molar-refractivity contribution is 6.29. The molecule has 2 heterocycles. The molecule has 67 heavy (non-hydrogen) atoms. The molecule has 0 saturated heterocycles. The van der Waals surface area contributed by atoms with Gasteiger partial charge in [-0.2, -0.15) is 0 Å². The number of nitrogens with zero attached hydrogens (tertiary/aromatic N) is 3. The third-order valence-electron chi connectivity index (χ3n) is 13.4. The van der Waals surface area contributed by atoms with Gasteiger partial charge in [-0.3, -0.25) is 0 Å². The van der Waals surface area contributed by atoms with Crippen LogP contribution in [0.1, 0.15) is 0 Å². The molecule has 3 heteroatoms. The first-order chi connectivity index (χ1) is 33.2. The molecule has 312 valence electrons. The van der Waals surface area contributed by atoms with Crippen molar-refractivity contribution in [1.82, 2.24) is 14.5 Å². The Hall–Kier alpha value is -8.92. The maximum Gasteiger partial charge on any atom is 0.160 e. The van der Waals surface area contributed by atoms with Crippen molar-refractivity contribution in [1.29, 1.82) is 0 Å². The van der Waals surface area contributed by atoms with Crippen LogP contribution in [0, 0.1) is 0 Å². The molecule has 0 aliphatic rings. The smallest absolute Gasteiger partial charge is 0.160 e. The van der Waals surface area contributed by atoms with Crippen LogP contribution in [0.25, 0.3) is 127 Å². The van der Waals surface area contributed by atoms with Gasteiger partial charge >= 0.3 is 0 Å². The largest absolute Gasteiger partial charge is 0.309 e. The molecule has 2 aromatic heterocycles. The van der Waals surface area contributed by atoms with Gasteiger partial charge in [-0.1, -0.05) is 206 Å².